The van der Waals surface area contributed by atoms with Crippen molar-refractivity contribution in [3.8, 4) is 0 Å². The van der Waals surface area contributed by atoms with Gasteiger partial charge in [-0.25, -0.2) is 0 Å². The molecule has 0 radical (unpaired) electrons. The van der Waals surface area contributed by atoms with Gasteiger partial charge in [-0.1, -0.05) is 20.8 Å². The maximum atomic E-state index is 4.91. The molecule has 2 unspecified atom stereocenters. The van der Waals surface area contributed by atoms with E-state index >= 15 is 0 Å². The third-order valence-electron chi connectivity index (χ3n) is 4.75. The Morgan fingerprint density at radius 2 is 2.17 bits per heavy atom. The number of likely N-dealkylation sites (tertiary alicyclic amines) is 1. The number of guanidine groups is 1. The van der Waals surface area contributed by atoms with Gasteiger partial charge >= 0.3 is 0 Å². The van der Waals surface area contributed by atoms with Crippen molar-refractivity contribution in [1.29, 1.82) is 0 Å². The minimum absolute atomic E-state index is 0. The third-order valence-corrected chi connectivity index (χ3v) is 5.46. The van der Waals surface area contributed by atoms with Crippen LogP contribution in [0.1, 0.15) is 45.6 Å². The molecule has 1 aromatic heterocycles. The standard InChI is InChI=1S/C18H32N4S.HI/c1-5-19-18(20-12-15(4)16-9-11-23-14-16)22-10-8-17(13-22)21(6-2)7-3;/h9,11,14-15,17H,5-8,10,12-13H2,1-4H3,(H,19,20);1H. The number of thiophene rings is 1. The summed E-state index contributed by atoms with van der Waals surface area (Å²) in [6, 6.07) is 2.88. The van der Waals surface area contributed by atoms with E-state index in [2.05, 4.69) is 59.6 Å². The Morgan fingerprint density at radius 3 is 2.75 bits per heavy atom. The van der Waals surface area contributed by atoms with E-state index < -0.39 is 0 Å². The van der Waals surface area contributed by atoms with Gasteiger partial charge in [-0.05, 0) is 48.8 Å². The van der Waals surface area contributed by atoms with Crippen LogP contribution in [0.4, 0.5) is 0 Å². The van der Waals surface area contributed by atoms with Crippen molar-refractivity contribution < 1.29 is 0 Å². The van der Waals surface area contributed by atoms with Crippen LogP contribution >= 0.6 is 35.3 Å². The fraction of sp³-hybridized carbons (Fsp3) is 0.722. The first-order valence-electron chi connectivity index (χ1n) is 8.98. The van der Waals surface area contributed by atoms with Crippen molar-refractivity contribution in [2.24, 2.45) is 4.99 Å². The van der Waals surface area contributed by atoms with Gasteiger partial charge < -0.3 is 10.2 Å². The lowest BCUT2D eigenvalue weighted by molar-refractivity contribution is 0.223. The van der Waals surface area contributed by atoms with Gasteiger partial charge in [0.25, 0.3) is 0 Å². The highest BCUT2D eigenvalue weighted by atomic mass is 127. The maximum Gasteiger partial charge on any atom is 0.193 e. The van der Waals surface area contributed by atoms with Crippen molar-refractivity contribution in [2.75, 3.05) is 39.3 Å². The summed E-state index contributed by atoms with van der Waals surface area (Å²) in [4.78, 5) is 9.92. The molecule has 0 amide bonds. The van der Waals surface area contributed by atoms with E-state index in [1.54, 1.807) is 11.3 Å². The summed E-state index contributed by atoms with van der Waals surface area (Å²) < 4.78 is 0. The highest BCUT2D eigenvalue weighted by Gasteiger charge is 2.28. The molecule has 0 aliphatic carbocycles. The number of rotatable bonds is 7. The lowest BCUT2D eigenvalue weighted by Crippen LogP contribution is -2.43. The second-order valence-corrected chi connectivity index (χ2v) is 7.04. The largest absolute Gasteiger partial charge is 0.357 e. The van der Waals surface area contributed by atoms with Crippen molar-refractivity contribution in [2.45, 2.75) is 46.1 Å². The zero-order valence-electron chi connectivity index (χ0n) is 15.5. The van der Waals surface area contributed by atoms with Crippen LogP contribution < -0.4 is 5.32 Å². The molecule has 0 aromatic carbocycles. The maximum absolute atomic E-state index is 4.91. The van der Waals surface area contributed by atoms with Crippen molar-refractivity contribution in [3.63, 3.8) is 0 Å². The number of halogens is 1. The molecule has 4 nitrogen and oxygen atoms in total. The van der Waals surface area contributed by atoms with Gasteiger partial charge in [0.05, 0.1) is 0 Å². The molecule has 0 spiro atoms. The van der Waals surface area contributed by atoms with Crippen LogP contribution in [0.2, 0.25) is 0 Å². The minimum Gasteiger partial charge on any atom is -0.357 e. The van der Waals surface area contributed by atoms with Gasteiger partial charge in [-0.15, -0.1) is 24.0 Å². The van der Waals surface area contributed by atoms with E-state index in [1.165, 1.54) is 12.0 Å². The number of aliphatic imine (C=N–C) groups is 1. The smallest absolute Gasteiger partial charge is 0.193 e. The normalized spacial score (nSPS) is 19.5. The zero-order valence-corrected chi connectivity index (χ0v) is 18.6. The van der Waals surface area contributed by atoms with Crippen molar-refractivity contribution >= 4 is 41.3 Å². The summed E-state index contributed by atoms with van der Waals surface area (Å²) in [7, 11) is 0. The summed E-state index contributed by atoms with van der Waals surface area (Å²) in [6.07, 6.45) is 1.24. The molecule has 6 heteroatoms. The van der Waals surface area contributed by atoms with Crippen LogP contribution in [-0.2, 0) is 0 Å². The first kappa shape index (κ1) is 21.7. The molecule has 24 heavy (non-hydrogen) atoms. The molecule has 0 saturated carbocycles. The van der Waals surface area contributed by atoms with E-state index in [1.807, 2.05) is 0 Å². The molecule has 1 aromatic rings. The summed E-state index contributed by atoms with van der Waals surface area (Å²) in [5.74, 6) is 1.57. The lowest BCUT2D eigenvalue weighted by Gasteiger charge is -2.27. The first-order valence-corrected chi connectivity index (χ1v) is 9.93. The average molecular weight is 464 g/mol. The molecule has 2 heterocycles. The second kappa shape index (κ2) is 11.3. The summed E-state index contributed by atoms with van der Waals surface area (Å²) in [5, 5.41) is 7.86. The lowest BCUT2D eigenvalue weighted by atomic mass is 10.1. The quantitative estimate of drug-likeness (QED) is 0.378. The number of hydrogen-bond acceptors (Lipinski definition) is 3. The van der Waals surface area contributed by atoms with Gasteiger partial charge in [0.2, 0.25) is 0 Å². The zero-order chi connectivity index (χ0) is 16.7. The number of hydrogen-bond donors (Lipinski definition) is 1. The summed E-state index contributed by atoms with van der Waals surface area (Å²) in [6.45, 7) is 15.2. The molecular weight excluding hydrogens is 431 g/mol. The Labute approximate surface area is 168 Å². The monoisotopic (exact) mass is 464 g/mol. The Hall–Kier alpha value is -0.340. The minimum atomic E-state index is 0. The van der Waals surface area contributed by atoms with Crippen LogP contribution in [-0.4, -0.2) is 61.1 Å². The Kier molecular flexibility index (Phi) is 10.2. The molecule has 138 valence electrons. The average Bonchev–Trinajstić information content (AvgIpc) is 3.24. The van der Waals surface area contributed by atoms with E-state index in [4.69, 9.17) is 4.99 Å². The van der Waals surface area contributed by atoms with Crippen molar-refractivity contribution in [3.05, 3.63) is 22.4 Å². The SMILES string of the molecule is CCNC(=NCC(C)c1ccsc1)N1CCC(N(CC)CC)C1.I. The molecule has 0 bridgehead atoms. The highest BCUT2D eigenvalue weighted by Crippen LogP contribution is 2.19. The number of nitrogens with zero attached hydrogens (tertiary/aromatic N) is 3. The highest BCUT2D eigenvalue weighted by molar-refractivity contribution is 14.0. The molecular formula is C18H33IN4S. The van der Waals surface area contributed by atoms with Gasteiger partial charge in [0.15, 0.2) is 5.96 Å². The number of likely N-dealkylation sites (N-methyl/N-ethyl adjacent to an activating group) is 1. The predicted molar refractivity (Wildman–Crippen MR) is 117 cm³/mol. The molecule has 1 aliphatic rings. The van der Waals surface area contributed by atoms with Crippen LogP contribution in [0, 0.1) is 0 Å². The molecule has 1 fully saturated rings. The molecule has 2 rings (SSSR count). The van der Waals surface area contributed by atoms with Crippen LogP contribution in [0.5, 0.6) is 0 Å². The van der Waals surface area contributed by atoms with Gasteiger partial charge in [0, 0.05) is 38.1 Å². The van der Waals surface area contributed by atoms with E-state index in [0.29, 0.717) is 12.0 Å². The molecule has 1 N–H and O–H groups in total. The Morgan fingerprint density at radius 1 is 1.42 bits per heavy atom. The van der Waals surface area contributed by atoms with Crippen LogP contribution in [0.3, 0.4) is 0 Å². The molecule has 2 atom stereocenters. The Bertz CT molecular complexity index is 473. The second-order valence-electron chi connectivity index (χ2n) is 6.26. The van der Waals surface area contributed by atoms with E-state index in [0.717, 1.165) is 45.2 Å². The molecule has 1 aliphatic heterocycles. The van der Waals surface area contributed by atoms with Gasteiger partial charge in [-0.2, -0.15) is 11.3 Å². The number of nitrogens with one attached hydrogen (secondary N) is 1. The fourth-order valence-corrected chi connectivity index (χ4v) is 4.06. The van der Waals surface area contributed by atoms with E-state index in [-0.39, 0.29) is 24.0 Å². The Balaban J connectivity index is 0.00000288. The van der Waals surface area contributed by atoms with Crippen molar-refractivity contribution in [1.82, 2.24) is 15.1 Å². The van der Waals surface area contributed by atoms with Gasteiger partial charge in [0.1, 0.15) is 0 Å². The van der Waals surface area contributed by atoms with Gasteiger partial charge in [-0.3, -0.25) is 9.89 Å². The summed E-state index contributed by atoms with van der Waals surface area (Å²) >= 11 is 1.77. The van der Waals surface area contributed by atoms with E-state index in [9.17, 15) is 0 Å². The topological polar surface area (TPSA) is 30.9 Å². The summed E-state index contributed by atoms with van der Waals surface area (Å²) in [5.41, 5.74) is 1.40. The van der Waals surface area contributed by atoms with Crippen LogP contribution in [0.25, 0.3) is 0 Å². The molecule has 1 saturated heterocycles. The first-order chi connectivity index (χ1) is 11.2. The predicted octanol–water partition coefficient (Wildman–Crippen LogP) is 3.85. The third kappa shape index (κ3) is 5.88. The fourth-order valence-electron chi connectivity index (χ4n) is 3.28. The van der Waals surface area contributed by atoms with Crippen LogP contribution in [0.15, 0.2) is 21.8 Å².